The summed E-state index contributed by atoms with van der Waals surface area (Å²) < 4.78 is 45.6. The van der Waals surface area contributed by atoms with E-state index in [0.717, 1.165) is 21.7 Å². The highest BCUT2D eigenvalue weighted by atomic mass is 32.2. The molecule has 0 saturated carbocycles. The molecule has 12 heteroatoms. The van der Waals surface area contributed by atoms with Gasteiger partial charge in [-0.1, -0.05) is 66.7 Å². The van der Waals surface area contributed by atoms with Gasteiger partial charge in [-0.2, -0.15) is 0 Å². The van der Waals surface area contributed by atoms with Crippen molar-refractivity contribution in [3.63, 3.8) is 0 Å². The normalized spacial score (nSPS) is 13.2. The van der Waals surface area contributed by atoms with E-state index in [1.807, 2.05) is 67.6 Å². The van der Waals surface area contributed by atoms with Crippen molar-refractivity contribution in [3.8, 4) is 5.75 Å². The average molecular weight is 677 g/mol. The summed E-state index contributed by atoms with van der Waals surface area (Å²) in [5, 5.41) is 20.1. The number of sulfonamides is 1. The number of benzene rings is 4. The van der Waals surface area contributed by atoms with E-state index in [9.17, 15) is 27.5 Å². The number of carbonyl (C=O) groups is 2. The van der Waals surface area contributed by atoms with Crippen LogP contribution in [-0.4, -0.2) is 64.4 Å². The third kappa shape index (κ3) is 9.63. The molecular weight excluding hydrogens is 635 g/mol. The maximum absolute atomic E-state index is 14.5. The second-order valence-electron chi connectivity index (χ2n) is 11.5. The summed E-state index contributed by atoms with van der Waals surface area (Å²) in [5.74, 6) is -1.22. The summed E-state index contributed by atoms with van der Waals surface area (Å²) in [6.07, 6.45) is 0.152. The predicted molar refractivity (Wildman–Crippen MR) is 184 cm³/mol. The number of nitrogens with zero attached hydrogens (tertiary/aromatic N) is 1. The lowest BCUT2D eigenvalue weighted by Crippen LogP contribution is -2.48. The summed E-state index contributed by atoms with van der Waals surface area (Å²) in [6.45, 7) is 1.88. The molecule has 3 unspecified atom stereocenters. The molecule has 10 nitrogen and oxygen atoms in total. The molecule has 254 valence electrons. The van der Waals surface area contributed by atoms with Gasteiger partial charge < -0.3 is 25.8 Å². The minimum absolute atomic E-state index is 0.00282. The number of carbonyl (C=O) groups excluding carboxylic acids is 2. The lowest BCUT2D eigenvalue weighted by atomic mass is 9.99. The Morgan fingerprint density at radius 2 is 1.50 bits per heavy atom. The number of methoxy groups -OCH3 is 1. The van der Waals surface area contributed by atoms with Gasteiger partial charge in [-0.05, 0) is 54.8 Å². The van der Waals surface area contributed by atoms with Gasteiger partial charge in [0.25, 0.3) is 11.8 Å². The maximum Gasteiger partial charge on any atom is 0.251 e. The summed E-state index contributed by atoms with van der Waals surface area (Å²) >= 11 is 0. The first-order chi connectivity index (χ1) is 22.9. The number of aliphatic hydroxyl groups excluding tert-OH is 1. The minimum atomic E-state index is -3.74. The topological polar surface area (TPSA) is 137 Å². The SMILES string of the molecule is COc1cccc(F)c1CNCC(O)C(Cc1ccccc1)NC(=O)c1cc(C(=O)NC(C)c2ccccc2)cc(N(C)S(C)(=O)=O)c1. The van der Waals surface area contributed by atoms with Gasteiger partial charge in [-0.15, -0.1) is 0 Å². The number of nitrogens with one attached hydrogen (secondary N) is 3. The molecule has 4 aromatic rings. The summed E-state index contributed by atoms with van der Waals surface area (Å²) in [4.78, 5) is 27.2. The lowest BCUT2D eigenvalue weighted by molar-refractivity contribution is 0.0829. The van der Waals surface area contributed by atoms with Gasteiger partial charge in [-0.25, -0.2) is 12.8 Å². The Labute approximate surface area is 281 Å². The molecule has 4 rings (SSSR count). The molecule has 0 fully saturated rings. The van der Waals surface area contributed by atoms with Crippen LogP contribution in [0.3, 0.4) is 0 Å². The van der Waals surface area contributed by atoms with E-state index < -0.39 is 39.8 Å². The average Bonchev–Trinajstić information content (AvgIpc) is 3.08. The van der Waals surface area contributed by atoms with Crippen LogP contribution >= 0.6 is 0 Å². The zero-order chi connectivity index (χ0) is 34.8. The van der Waals surface area contributed by atoms with Crippen LogP contribution in [0, 0.1) is 5.82 Å². The monoisotopic (exact) mass is 676 g/mol. The van der Waals surface area contributed by atoms with Crippen molar-refractivity contribution in [2.24, 2.45) is 0 Å². The van der Waals surface area contributed by atoms with Crippen LogP contribution < -0.4 is 25.0 Å². The smallest absolute Gasteiger partial charge is 0.251 e. The van der Waals surface area contributed by atoms with Gasteiger partial charge in [0.2, 0.25) is 10.0 Å². The van der Waals surface area contributed by atoms with Crippen molar-refractivity contribution in [3.05, 3.63) is 131 Å². The van der Waals surface area contributed by atoms with Crippen molar-refractivity contribution in [2.75, 3.05) is 31.3 Å². The molecular formula is C36H41FN4O6S. The molecule has 0 heterocycles. The van der Waals surface area contributed by atoms with Crippen LogP contribution in [0.2, 0.25) is 0 Å². The van der Waals surface area contributed by atoms with Crippen LogP contribution in [0.25, 0.3) is 0 Å². The third-order valence-electron chi connectivity index (χ3n) is 7.98. The molecule has 48 heavy (non-hydrogen) atoms. The Morgan fingerprint density at radius 3 is 2.10 bits per heavy atom. The number of hydrogen-bond acceptors (Lipinski definition) is 7. The van der Waals surface area contributed by atoms with E-state index in [4.69, 9.17) is 4.74 Å². The molecule has 0 bridgehead atoms. The molecule has 4 N–H and O–H groups in total. The Morgan fingerprint density at radius 1 is 0.896 bits per heavy atom. The van der Waals surface area contributed by atoms with Crippen LogP contribution in [0.4, 0.5) is 10.1 Å². The maximum atomic E-state index is 14.5. The van der Waals surface area contributed by atoms with Crippen molar-refractivity contribution in [2.45, 2.75) is 38.1 Å². The molecule has 4 aromatic carbocycles. The highest BCUT2D eigenvalue weighted by Crippen LogP contribution is 2.23. The third-order valence-corrected chi connectivity index (χ3v) is 9.19. The molecule has 0 aliphatic rings. The van der Waals surface area contributed by atoms with Crippen molar-refractivity contribution < 1.29 is 32.2 Å². The van der Waals surface area contributed by atoms with E-state index in [2.05, 4.69) is 16.0 Å². The van der Waals surface area contributed by atoms with E-state index >= 15 is 0 Å². The van der Waals surface area contributed by atoms with Gasteiger partial charge >= 0.3 is 0 Å². The molecule has 0 radical (unpaired) electrons. The number of hydrogen-bond donors (Lipinski definition) is 4. The van der Waals surface area contributed by atoms with E-state index in [0.29, 0.717) is 11.3 Å². The van der Waals surface area contributed by atoms with Gasteiger partial charge in [0.15, 0.2) is 0 Å². The predicted octanol–water partition coefficient (Wildman–Crippen LogP) is 4.21. The van der Waals surface area contributed by atoms with E-state index in [1.54, 1.807) is 12.1 Å². The molecule has 3 atom stereocenters. The fourth-order valence-electron chi connectivity index (χ4n) is 5.14. The first-order valence-electron chi connectivity index (χ1n) is 15.4. The van der Waals surface area contributed by atoms with Crippen LogP contribution in [0.15, 0.2) is 97.1 Å². The Kier molecular flexibility index (Phi) is 12.3. The Hall–Kier alpha value is -4.78. The van der Waals surface area contributed by atoms with Crippen LogP contribution in [-0.2, 0) is 23.0 Å². The largest absolute Gasteiger partial charge is 0.496 e. The van der Waals surface area contributed by atoms with Crippen molar-refractivity contribution in [1.29, 1.82) is 0 Å². The van der Waals surface area contributed by atoms with Crippen molar-refractivity contribution >= 4 is 27.5 Å². The summed E-state index contributed by atoms with van der Waals surface area (Å²) in [5.41, 5.74) is 2.23. The van der Waals surface area contributed by atoms with Crippen molar-refractivity contribution in [1.82, 2.24) is 16.0 Å². The number of ether oxygens (including phenoxy) is 1. The van der Waals surface area contributed by atoms with Gasteiger partial charge in [0.05, 0.1) is 37.2 Å². The quantitative estimate of drug-likeness (QED) is 0.148. The van der Waals surface area contributed by atoms with Gasteiger partial charge in [-0.3, -0.25) is 13.9 Å². The number of amides is 2. The zero-order valence-electron chi connectivity index (χ0n) is 27.3. The van der Waals surface area contributed by atoms with Crippen LogP contribution in [0.5, 0.6) is 5.75 Å². The summed E-state index contributed by atoms with van der Waals surface area (Å²) in [6, 6.07) is 26.1. The first kappa shape index (κ1) is 36.1. The second kappa shape index (κ2) is 16.4. The summed E-state index contributed by atoms with van der Waals surface area (Å²) in [7, 11) is -0.963. The fourth-order valence-corrected chi connectivity index (χ4v) is 5.63. The lowest BCUT2D eigenvalue weighted by Gasteiger charge is -2.26. The minimum Gasteiger partial charge on any atom is -0.496 e. The standard InChI is InChI=1S/C36H41FN4O6S/c1-24(26-14-9-6-10-15-26)39-35(43)27-19-28(21-29(20-27)41(2)48(4,45)46)36(44)40-32(18-25-12-7-5-8-13-25)33(42)23-38-22-30-31(37)16-11-17-34(30)47-3/h5-17,19-21,24,32-33,38,42H,18,22-23H2,1-4H3,(H,39,43)(H,40,44). The Bertz CT molecular complexity index is 1810. The molecule has 0 saturated heterocycles. The molecule has 0 spiro atoms. The molecule has 0 aliphatic heterocycles. The molecule has 0 aromatic heterocycles. The second-order valence-corrected chi connectivity index (χ2v) is 13.5. The number of aliphatic hydroxyl groups is 1. The highest BCUT2D eigenvalue weighted by Gasteiger charge is 2.25. The first-order valence-corrected chi connectivity index (χ1v) is 17.2. The number of rotatable bonds is 15. The van der Waals surface area contributed by atoms with E-state index in [-0.39, 0.29) is 42.4 Å². The fraction of sp³-hybridized carbons (Fsp3) is 0.278. The molecule has 2 amide bonds. The molecule has 0 aliphatic carbocycles. The van der Waals surface area contributed by atoms with Gasteiger partial charge in [0.1, 0.15) is 11.6 Å². The van der Waals surface area contributed by atoms with E-state index in [1.165, 1.54) is 38.4 Å². The van der Waals surface area contributed by atoms with Gasteiger partial charge in [0, 0.05) is 36.8 Å². The highest BCUT2D eigenvalue weighted by molar-refractivity contribution is 7.92. The zero-order valence-corrected chi connectivity index (χ0v) is 28.1. The number of anilines is 1. The van der Waals surface area contributed by atoms with Crippen LogP contribution in [0.1, 0.15) is 50.4 Å². The number of halogens is 1. The Balaban J connectivity index is 1.59.